The van der Waals surface area contributed by atoms with Crippen LogP contribution < -0.4 is 4.74 Å². The van der Waals surface area contributed by atoms with Gasteiger partial charge in [-0.15, -0.1) is 0 Å². The number of rotatable bonds is 5. The zero-order valence-corrected chi connectivity index (χ0v) is 20.3. The van der Waals surface area contributed by atoms with Gasteiger partial charge in [-0.2, -0.15) is 4.79 Å². The van der Waals surface area contributed by atoms with Gasteiger partial charge >= 0.3 is 6.09 Å². The van der Waals surface area contributed by atoms with E-state index in [1.54, 1.807) is 7.11 Å². The predicted molar refractivity (Wildman–Crippen MR) is 133 cm³/mol. The van der Waals surface area contributed by atoms with E-state index >= 15 is 0 Å². The van der Waals surface area contributed by atoms with Crippen molar-refractivity contribution < 1.29 is 23.9 Å². The first kappa shape index (κ1) is 23.9. The molecule has 0 bridgehead atoms. The van der Waals surface area contributed by atoms with Gasteiger partial charge in [0.2, 0.25) is 0 Å². The summed E-state index contributed by atoms with van der Waals surface area (Å²) in [4.78, 5) is 28.6. The number of amides is 1. The molecule has 1 saturated heterocycles. The van der Waals surface area contributed by atoms with Gasteiger partial charge in [-0.1, -0.05) is 48.5 Å². The van der Waals surface area contributed by atoms with Crippen molar-refractivity contribution >= 4 is 22.6 Å². The highest BCUT2D eigenvalue weighted by molar-refractivity contribution is 6.03. The number of benzene rings is 3. The summed E-state index contributed by atoms with van der Waals surface area (Å²) in [6, 6.07) is 20.9. The van der Waals surface area contributed by atoms with Crippen molar-refractivity contribution in [3.63, 3.8) is 0 Å². The lowest BCUT2D eigenvalue weighted by Crippen LogP contribution is -2.73. The summed E-state index contributed by atoms with van der Waals surface area (Å²) in [6.07, 6.45) is -0.879. The van der Waals surface area contributed by atoms with E-state index in [0.29, 0.717) is 25.2 Å². The number of Topliss-reactive ketones (excluding diaryl/α,β-unsaturated/α-hetero) is 1. The molecule has 0 radical (unpaired) electrons. The minimum atomic E-state index is -0.879. The van der Waals surface area contributed by atoms with E-state index < -0.39 is 17.7 Å². The maximum absolute atomic E-state index is 13.9. The summed E-state index contributed by atoms with van der Waals surface area (Å²) in [5, 5.41) is 12.2. The van der Waals surface area contributed by atoms with E-state index in [1.807, 2.05) is 87.5 Å². The largest absolute Gasteiger partial charge is 0.514 e. The monoisotopic (exact) mass is 461 g/mol. The molecule has 2 atom stereocenters. The van der Waals surface area contributed by atoms with E-state index in [1.165, 1.54) is 0 Å². The average Bonchev–Trinajstić information content (AvgIpc) is 2.83. The van der Waals surface area contributed by atoms with E-state index in [-0.39, 0.29) is 16.8 Å². The molecule has 0 spiro atoms. The number of hydrogen-bond acceptors (Lipinski definition) is 4. The van der Waals surface area contributed by atoms with E-state index in [9.17, 15) is 14.7 Å². The minimum absolute atomic E-state index is 0.0404. The summed E-state index contributed by atoms with van der Waals surface area (Å²) in [6.45, 7) is 7.64. The Morgan fingerprint density at radius 2 is 1.71 bits per heavy atom. The van der Waals surface area contributed by atoms with E-state index in [4.69, 9.17) is 4.74 Å². The molecular formula is C28H33N2O4+. The number of carboxylic acid groups (broad SMARTS) is 1. The highest BCUT2D eigenvalue weighted by Gasteiger charge is 2.54. The van der Waals surface area contributed by atoms with Crippen molar-refractivity contribution in [3.8, 4) is 5.75 Å². The molecule has 6 nitrogen and oxygen atoms in total. The molecule has 6 heteroatoms. The van der Waals surface area contributed by atoms with Gasteiger partial charge in [-0.3, -0.25) is 9.69 Å². The number of ketones is 1. The van der Waals surface area contributed by atoms with Gasteiger partial charge in [-0.25, -0.2) is 4.48 Å². The fraction of sp³-hybridized carbons (Fsp3) is 0.357. The van der Waals surface area contributed by atoms with Crippen molar-refractivity contribution in [1.82, 2.24) is 4.90 Å². The average molecular weight is 462 g/mol. The Morgan fingerprint density at radius 1 is 1.03 bits per heavy atom. The molecule has 1 N–H and O–H groups in total. The van der Waals surface area contributed by atoms with Crippen LogP contribution in [0.25, 0.3) is 10.8 Å². The van der Waals surface area contributed by atoms with Crippen LogP contribution in [0.1, 0.15) is 36.7 Å². The number of carbonyl (C=O) groups is 2. The molecule has 0 saturated carbocycles. The van der Waals surface area contributed by atoms with Gasteiger partial charge in [0.1, 0.15) is 30.4 Å². The van der Waals surface area contributed by atoms with Crippen molar-refractivity contribution in [2.45, 2.75) is 38.9 Å². The van der Waals surface area contributed by atoms with Crippen LogP contribution in [-0.2, 0) is 6.54 Å². The third kappa shape index (κ3) is 4.43. The maximum atomic E-state index is 13.9. The Bertz CT molecular complexity index is 1200. The third-order valence-corrected chi connectivity index (χ3v) is 7.21. The molecule has 34 heavy (non-hydrogen) atoms. The predicted octanol–water partition coefficient (Wildman–Crippen LogP) is 5.21. The molecule has 2 unspecified atom stereocenters. The van der Waals surface area contributed by atoms with Crippen LogP contribution in [-0.4, -0.2) is 64.7 Å². The molecule has 1 amide bonds. The van der Waals surface area contributed by atoms with E-state index in [2.05, 4.69) is 4.90 Å². The lowest BCUT2D eigenvalue weighted by molar-refractivity contribution is -0.909. The number of carbonyl (C=O) groups excluding carboxylic acids is 1. The van der Waals surface area contributed by atoms with Gasteiger partial charge in [0.15, 0.2) is 5.78 Å². The van der Waals surface area contributed by atoms with Crippen LogP contribution in [0, 0.1) is 0 Å². The second-order valence-electron chi connectivity index (χ2n) is 10.1. The third-order valence-electron chi connectivity index (χ3n) is 7.21. The van der Waals surface area contributed by atoms with Crippen molar-refractivity contribution in [2.75, 3.05) is 26.7 Å². The lowest BCUT2D eigenvalue weighted by atomic mass is 9.92. The summed E-state index contributed by atoms with van der Waals surface area (Å²) >= 11 is 0. The Morgan fingerprint density at radius 3 is 2.35 bits per heavy atom. The van der Waals surface area contributed by atoms with E-state index in [0.717, 1.165) is 22.1 Å². The van der Waals surface area contributed by atoms with Crippen LogP contribution in [0.15, 0.2) is 66.7 Å². The van der Waals surface area contributed by atoms with Crippen LogP contribution in [0.4, 0.5) is 4.79 Å². The van der Waals surface area contributed by atoms with Crippen molar-refractivity contribution in [1.29, 1.82) is 0 Å². The molecule has 0 aromatic heterocycles. The summed E-state index contributed by atoms with van der Waals surface area (Å²) in [5.41, 5.74) is 1.17. The van der Waals surface area contributed by atoms with Gasteiger partial charge in [0.05, 0.1) is 7.11 Å². The Hall–Kier alpha value is -3.22. The molecule has 1 aliphatic heterocycles. The second kappa shape index (κ2) is 9.20. The smallest absolute Gasteiger partial charge is 0.497 e. The maximum Gasteiger partial charge on any atom is 0.514 e. The highest BCUT2D eigenvalue weighted by Crippen LogP contribution is 2.32. The molecule has 178 valence electrons. The van der Waals surface area contributed by atoms with Crippen LogP contribution in [0.2, 0.25) is 0 Å². The minimum Gasteiger partial charge on any atom is -0.497 e. The Kier molecular flexibility index (Phi) is 6.47. The normalized spacial score (nSPS) is 21.4. The molecule has 0 aliphatic carbocycles. The fourth-order valence-corrected chi connectivity index (χ4v) is 4.98. The number of methoxy groups -OCH3 is 1. The number of fused-ring (bicyclic) bond motifs is 1. The molecular weight excluding hydrogens is 428 g/mol. The number of ether oxygens (including phenoxy) is 1. The van der Waals surface area contributed by atoms with Crippen molar-refractivity contribution in [3.05, 3.63) is 77.9 Å². The van der Waals surface area contributed by atoms with Crippen LogP contribution in [0.3, 0.4) is 0 Å². The quantitative estimate of drug-likeness (QED) is 0.417. The standard InChI is InChI=1S/C28H32N2O4/c1-28(2,3)30(27(32)33)15-14-29(18-20-8-6-5-7-9-20)25(19-30)26(31)23-11-10-22-17-24(34-4)13-12-21(22)16-23/h5-13,16-17,25H,14-15,18-19H2,1-4H3/p+1. The van der Waals surface area contributed by atoms with Gasteiger partial charge < -0.3 is 9.84 Å². The zero-order chi connectivity index (χ0) is 24.5. The summed E-state index contributed by atoms with van der Waals surface area (Å²) in [5.74, 6) is 0.725. The number of piperazine rings is 1. The molecule has 4 rings (SSSR count). The van der Waals surface area contributed by atoms with Gasteiger partial charge in [0.25, 0.3) is 0 Å². The molecule has 3 aromatic carbocycles. The topological polar surface area (TPSA) is 66.8 Å². The SMILES string of the molecule is COc1ccc2cc(C(=O)C3C[N+](C(=O)O)(C(C)(C)C)CCN3Cc3ccccc3)ccc2c1. The second-order valence-corrected chi connectivity index (χ2v) is 10.1. The molecule has 3 aromatic rings. The first-order valence-corrected chi connectivity index (χ1v) is 11.7. The van der Waals surface area contributed by atoms with Crippen LogP contribution >= 0.6 is 0 Å². The number of hydrogen-bond donors (Lipinski definition) is 1. The molecule has 1 fully saturated rings. The van der Waals surface area contributed by atoms with Gasteiger partial charge in [0, 0.05) is 18.7 Å². The Labute approximate surface area is 201 Å². The zero-order valence-electron chi connectivity index (χ0n) is 20.3. The summed E-state index contributed by atoms with van der Waals surface area (Å²) < 4.78 is 5.17. The van der Waals surface area contributed by atoms with Gasteiger partial charge in [-0.05, 0) is 55.3 Å². The molecule has 1 heterocycles. The number of nitrogens with zero attached hydrogens (tertiary/aromatic N) is 2. The summed E-state index contributed by atoms with van der Waals surface area (Å²) in [7, 11) is 1.63. The highest BCUT2D eigenvalue weighted by atomic mass is 16.5. The first-order valence-electron chi connectivity index (χ1n) is 11.7. The van der Waals surface area contributed by atoms with Crippen LogP contribution in [0.5, 0.6) is 5.75 Å². The Balaban J connectivity index is 1.72. The molecule has 1 aliphatic rings. The lowest BCUT2D eigenvalue weighted by Gasteiger charge is -2.50. The first-order chi connectivity index (χ1) is 16.1. The number of quaternary nitrogens is 1. The van der Waals surface area contributed by atoms with Crippen molar-refractivity contribution in [2.24, 2.45) is 0 Å². The fourth-order valence-electron chi connectivity index (χ4n) is 4.98.